The first kappa shape index (κ1) is 15.2. The maximum atomic E-state index is 8.94. The Balaban J connectivity index is 0.00000256. The van der Waals surface area contributed by atoms with Gasteiger partial charge in [0.25, 0.3) is 5.96 Å². The molecule has 0 amide bonds. The van der Waals surface area contributed by atoms with E-state index in [4.69, 9.17) is 27.2 Å². The molecular formula is C8H13BClN5O2. The number of hydrogen-bond donors (Lipinski definition) is 6. The molecule has 0 bridgehead atoms. The third-order valence-electron chi connectivity index (χ3n) is 1.69. The largest absolute Gasteiger partial charge is 1.00 e. The van der Waals surface area contributed by atoms with Gasteiger partial charge in [-0.15, -0.1) is 4.99 Å². The molecule has 0 saturated heterocycles. The van der Waals surface area contributed by atoms with Gasteiger partial charge in [0.15, 0.2) is 0 Å². The minimum Gasteiger partial charge on any atom is -1.00 e. The van der Waals surface area contributed by atoms with Crippen molar-refractivity contribution in [3.8, 4) is 0 Å². The molecule has 0 aliphatic carbocycles. The van der Waals surface area contributed by atoms with E-state index in [9.17, 15) is 0 Å². The van der Waals surface area contributed by atoms with Crippen molar-refractivity contribution in [1.82, 2.24) is 0 Å². The SMILES string of the molecule is NC(=Nc1cccc(B(O)O)c1)[NH+]=C(N)N.[Cl-]. The van der Waals surface area contributed by atoms with Crippen molar-refractivity contribution in [3.05, 3.63) is 24.3 Å². The van der Waals surface area contributed by atoms with Crippen molar-refractivity contribution in [2.45, 2.75) is 0 Å². The van der Waals surface area contributed by atoms with Crippen molar-refractivity contribution in [2.24, 2.45) is 22.2 Å². The van der Waals surface area contributed by atoms with E-state index in [1.807, 2.05) is 0 Å². The Bertz CT molecular complexity index is 434. The zero-order chi connectivity index (χ0) is 12.1. The summed E-state index contributed by atoms with van der Waals surface area (Å²) in [4.78, 5) is 6.34. The number of aliphatic imine (C=N–C) groups is 1. The maximum absolute atomic E-state index is 8.94. The smallest absolute Gasteiger partial charge is 0.488 e. The van der Waals surface area contributed by atoms with Gasteiger partial charge >= 0.3 is 13.1 Å². The molecule has 9 heteroatoms. The predicted molar refractivity (Wildman–Crippen MR) is 61.9 cm³/mol. The summed E-state index contributed by atoms with van der Waals surface area (Å²) in [6.45, 7) is 0. The van der Waals surface area contributed by atoms with Crippen LogP contribution in [0.1, 0.15) is 0 Å². The van der Waals surface area contributed by atoms with E-state index in [-0.39, 0.29) is 24.3 Å². The van der Waals surface area contributed by atoms with Crippen molar-refractivity contribution in [2.75, 3.05) is 0 Å². The van der Waals surface area contributed by atoms with Crippen LogP contribution < -0.4 is 40.1 Å². The monoisotopic (exact) mass is 257 g/mol. The van der Waals surface area contributed by atoms with Crippen molar-refractivity contribution >= 4 is 30.2 Å². The summed E-state index contributed by atoms with van der Waals surface area (Å²) in [7, 11) is -1.55. The van der Waals surface area contributed by atoms with Crippen LogP contribution in [0.25, 0.3) is 0 Å². The molecule has 0 aromatic heterocycles. The van der Waals surface area contributed by atoms with Crippen LogP contribution in [0.3, 0.4) is 0 Å². The van der Waals surface area contributed by atoms with Gasteiger partial charge in [-0.3, -0.25) is 0 Å². The molecule has 0 unspecified atom stereocenters. The van der Waals surface area contributed by atoms with E-state index >= 15 is 0 Å². The van der Waals surface area contributed by atoms with Crippen molar-refractivity contribution in [3.63, 3.8) is 0 Å². The molecule has 1 aromatic rings. The van der Waals surface area contributed by atoms with Crippen LogP contribution in [0.2, 0.25) is 0 Å². The van der Waals surface area contributed by atoms with Crippen LogP contribution in [0.4, 0.5) is 5.69 Å². The number of nitrogens with one attached hydrogen (secondary N) is 1. The summed E-state index contributed by atoms with van der Waals surface area (Å²) in [6.07, 6.45) is 0. The van der Waals surface area contributed by atoms with Gasteiger partial charge in [-0.1, -0.05) is 12.1 Å². The van der Waals surface area contributed by atoms with E-state index in [0.29, 0.717) is 11.2 Å². The Hall–Kier alpha value is -1.77. The van der Waals surface area contributed by atoms with Gasteiger partial charge in [0.2, 0.25) is 0 Å². The first-order chi connectivity index (χ1) is 7.49. The van der Waals surface area contributed by atoms with E-state index < -0.39 is 7.12 Å². The number of rotatable bonds is 2. The first-order valence-electron chi connectivity index (χ1n) is 4.44. The Morgan fingerprint density at radius 3 is 2.41 bits per heavy atom. The van der Waals surface area contributed by atoms with Crippen LogP contribution in [-0.4, -0.2) is 29.1 Å². The normalized spacial score (nSPS) is 10.4. The molecule has 92 valence electrons. The van der Waals surface area contributed by atoms with Gasteiger partial charge in [0.1, 0.15) is 5.69 Å². The third-order valence-corrected chi connectivity index (χ3v) is 1.69. The highest BCUT2D eigenvalue weighted by molar-refractivity contribution is 6.58. The summed E-state index contributed by atoms with van der Waals surface area (Å²) >= 11 is 0. The lowest BCUT2D eigenvalue weighted by molar-refractivity contribution is -0.320. The molecule has 0 fully saturated rings. The van der Waals surface area contributed by atoms with Gasteiger partial charge in [-0.05, 0) is 17.6 Å². The Morgan fingerprint density at radius 1 is 1.24 bits per heavy atom. The number of nitrogens with zero attached hydrogens (tertiary/aromatic N) is 1. The van der Waals surface area contributed by atoms with Gasteiger partial charge in [0, 0.05) is 0 Å². The fourth-order valence-electron chi connectivity index (χ4n) is 1.07. The van der Waals surface area contributed by atoms with Crippen LogP contribution in [-0.2, 0) is 0 Å². The molecule has 1 aromatic carbocycles. The average molecular weight is 257 g/mol. The summed E-state index contributed by atoms with van der Waals surface area (Å²) < 4.78 is 0. The molecular weight excluding hydrogens is 244 g/mol. The van der Waals surface area contributed by atoms with Crippen LogP contribution >= 0.6 is 0 Å². The molecule has 17 heavy (non-hydrogen) atoms. The lowest BCUT2D eigenvalue weighted by Crippen LogP contribution is -3.00. The quantitative estimate of drug-likeness (QED) is 0.177. The van der Waals surface area contributed by atoms with Gasteiger partial charge in [-0.25, -0.2) is 4.99 Å². The molecule has 7 nitrogen and oxygen atoms in total. The Labute approximate surface area is 105 Å². The number of halogens is 1. The molecule has 0 saturated carbocycles. The molecule has 0 atom stereocenters. The first-order valence-corrected chi connectivity index (χ1v) is 4.44. The third kappa shape index (κ3) is 5.20. The van der Waals surface area contributed by atoms with Crippen molar-refractivity contribution in [1.29, 1.82) is 0 Å². The summed E-state index contributed by atoms with van der Waals surface area (Å²) in [5, 5.41) is 17.9. The summed E-state index contributed by atoms with van der Waals surface area (Å²) in [5.74, 6) is -0.0517. The second-order valence-electron chi connectivity index (χ2n) is 3.05. The molecule has 1 rings (SSSR count). The second-order valence-corrected chi connectivity index (χ2v) is 3.05. The van der Waals surface area contributed by atoms with Crippen LogP contribution in [0.5, 0.6) is 0 Å². The van der Waals surface area contributed by atoms with Crippen LogP contribution in [0, 0.1) is 0 Å². The fourth-order valence-corrected chi connectivity index (χ4v) is 1.07. The van der Waals surface area contributed by atoms with Gasteiger partial charge in [0.05, 0.1) is 0 Å². The molecule has 0 aliphatic rings. The van der Waals surface area contributed by atoms with E-state index in [1.165, 1.54) is 6.07 Å². The highest BCUT2D eigenvalue weighted by Crippen LogP contribution is 2.07. The minimum atomic E-state index is -1.55. The second kappa shape index (κ2) is 6.74. The topological polar surface area (TPSA) is 145 Å². The predicted octanol–water partition coefficient (Wildman–Crippen LogP) is -7.33. The molecule has 0 heterocycles. The highest BCUT2D eigenvalue weighted by Gasteiger charge is 2.11. The summed E-state index contributed by atoms with van der Waals surface area (Å²) in [6, 6.07) is 6.30. The zero-order valence-corrected chi connectivity index (χ0v) is 9.59. The maximum Gasteiger partial charge on any atom is 0.488 e. The average Bonchev–Trinajstić information content (AvgIpc) is 2.16. The number of benzene rings is 1. The highest BCUT2D eigenvalue weighted by atomic mass is 35.5. The Kier molecular flexibility index (Phi) is 6.04. The van der Waals surface area contributed by atoms with Crippen LogP contribution in [0.15, 0.2) is 29.3 Å². The van der Waals surface area contributed by atoms with Gasteiger partial charge < -0.3 is 39.7 Å². The number of nitrogens with two attached hydrogens (primary N) is 3. The zero-order valence-electron chi connectivity index (χ0n) is 8.84. The molecule has 0 aliphatic heterocycles. The summed E-state index contributed by atoms with van der Waals surface area (Å²) in [5.41, 5.74) is 16.6. The molecule has 0 radical (unpaired) electrons. The fraction of sp³-hybridized carbons (Fsp3) is 0. The lowest BCUT2D eigenvalue weighted by atomic mass is 9.80. The Morgan fingerprint density at radius 2 is 1.88 bits per heavy atom. The standard InChI is InChI=1S/C8H12BN5O2.ClH/c10-7(11)14-8(12)13-6-3-1-2-5(4-6)9(15)16;/h1-4,15-16H,(H6,10,11,12,13,14);1H. The van der Waals surface area contributed by atoms with Gasteiger partial charge in [-0.2, -0.15) is 0 Å². The molecule has 9 N–H and O–H groups in total. The molecule has 0 spiro atoms. The lowest BCUT2D eigenvalue weighted by Gasteiger charge is -1.98. The van der Waals surface area contributed by atoms with Crippen molar-refractivity contribution < 1.29 is 27.4 Å². The van der Waals surface area contributed by atoms with E-state index in [2.05, 4.69) is 9.98 Å². The number of guanidine groups is 2. The van der Waals surface area contributed by atoms with E-state index in [0.717, 1.165) is 0 Å². The van der Waals surface area contributed by atoms with E-state index in [1.54, 1.807) is 18.2 Å². The number of hydrogen-bond acceptors (Lipinski definition) is 3. The minimum absolute atomic E-state index is 0.